The topological polar surface area (TPSA) is 18.5 Å². The van der Waals surface area contributed by atoms with Crippen molar-refractivity contribution in [2.24, 2.45) is 0 Å². The van der Waals surface area contributed by atoms with Gasteiger partial charge in [-0.15, -0.1) is 0 Å². The minimum absolute atomic E-state index is 0.0916. The maximum Gasteiger partial charge on any atom is 0.288 e. The Kier molecular flexibility index (Phi) is 6.13. The summed E-state index contributed by atoms with van der Waals surface area (Å²) < 4.78 is 13.9. The van der Waals surface area contributed by atoms with Gasteiger partial charge in [-0.3, -0.25) is 0 Å². The van der Waals surface area contributed by atoms with Crippen LogP contribution in [0.2, 0.25) is 0 Å². The Balaban J connectivity index is 1.45. The van der Waals surface area contributed by atoms with E-state index in [-0.39, 0.29) is 6.10 Å². The largest absolute Gasteiger partial charge is 0.493 e. The van der Waals surface area contributed by atoms with E-state index in [9.17, 15) is 0 Å². The zero-order valence-electron chi connectivity index (χ0n) is 23.2. The Labute approximate surface area is 246 Å². The minimum atomic E-state index is -3.09. The van der Waals surface area contributed by atoms with E-state index in [4.69, 9.17) is 9.16 Å². The van der Waals surface area contributed by atoms with Crippen LogP contribution in [0.1, 0.15) is 18.1 Å². The van der Waals surface area contributed by atoms with Crippen molar-refractivity contribution in [1.29, 1.82) is 0 Å². The summed E-state index contributed by atoms with van der Waals surface area (Å²) in [6.07, 6.45) is 0.714. The number of fused-ring (bicyclic) bond motifs is 4. The van der Waals surface area contributed by atoms with E-state index in [0.717, 1.165) is 17.7 Å². The Bertz CT molecular complexity index is 1890. The van der Waals surface area contributed by atoms with E-state index in [1.54, 1.807) is 0 Å². The summed E-state index contributed by atoms with van der Waals surface area (Å²) in [5.41, 5.74) is 1.13. The van der Waals surface area contributed by atoms with Crippen LogP contribution >= 0.6 is 0 Å². The van der Waals surface area contributed by atoms with Crippen molar-refractivity contribution in [3.63, 3.8) is 0 Å². The SMILES string of the molecule is c1ccc2c(c1)OCC[C@H]2O[Si](c1ccc2ccccc2c1)(c1ccc2ccccc2c1)c1ccc2ccccc2c1. The molecule has 0 radical (unpaired) electrons. The van der Waals surface area contributed by atoms with Crippen LogP contribution in [-0.4, -0.2) is 14.9 Å². The van der Waals surface area contributed by atoms with Crippen LogP contribution in [0.25, 0.3) is 32.3 Å². The lowest BCUT2D eigenvalue weighted by Gasteiger charge is -2.39. The molecule has 0 bridgehead atoms. The summed E-state index contributed by atoms with van der Waals surface area (Å²) in [6.45, 7) is 0.638. The van der Waals surface area contributed by atoms with Gasteiger partial charge in [0, 0.05) is 12.0 Å². The number of para-hydroxylation sites is 1. The van der Waals surface area contributed by atoms with E-state index in [2.05, 4.69) is 146 Å². The first-order valence-corrected chi connectivity index (χ1v) is 16.6. The molecular formula is C39H30O2Si. The van der Waals surface area contributed by atoms with Crippen LogP contribution in [0.4, 0.5) is 0 Å². The van der Waals surface area contributed by atoms with Gasteiger partial charge in [0.2, 0.25) is 0 Å². The van der Waals surface area contributed by atoms with Crippen LogP contribution in [0.3, 0.4) is 0 Å². The molecule has 1 aliphatic rings. The molecule has 2 nitrogen and oxygen atoms in total. The fraction of sp³-hybridized carbons (Fsp3) is 0.0769. The molecule has 0 fully saturated rings. The monoisotopic (exact) mass is 558 g/mol. The molecule has 42 heavy (non-hydrogen) atoms. The van der Waals surface area contributed by atoms with Gasteiger partial charge in [-0.05, 0) is 53.9 Å². The molecule has 1 atom stereocenters. The van der Waals surface area contributed by atoms with Crippen molar-refractivity contribution in [2.45, 2.75) is 12.5 Å². The van der Waals surface area contributed by atoms with Crippen LogP contribution in [0, 0.1) is 0 Å². The molecule has 7 aromatic carbocycles. The molecule has 7 aromatic rings. The molecule has 3 heteroatoms. The second-order valence-corrected chi connectivity index (χ2v) is 14.5. The molecule has 202 valence electrons. The average molecular weight is 559 g/mol. The second-order valence-electron chi connectivity index (χ2n) is 11.1. The van der Waals surface area contributed by atoms with Crippen LogP contribution in [-0.2, 0) is 4.43 Å². The zero-order chi connectivity index (χ0) is 27.9. The van der Waals surface area contributed by atoms with Crippen molar-refractivity contribution in [1.82, 2.24) is 0 Å². The van der Waals surface area contributed by atoms with Gasteiger partial charge in [0.1, 0.15) is 5.75 Å². The van der Waals surface area contributed by atoms with E-state index in [0.29, 0.717) is 6.61 Å². The summed E-state index contributed by atoms with van der Waals surface area (Å²) in [4.78, 5) is 0. The maximum atomic E-state index is 7.77. The van der Waals surface area contributed by atoms with Gasteiger partial charge in [0.15, 0.2) is 0 Å². The Morgan fingerprint density at radius 1 is 0.476 bits per heavy atom. The molecule has 0 unspecified atom stereocenters. The number of hydrogen-bond acceptors (Lipinski definition) is 2. The molecule has 0 aliphatic carbocycles. The van der Waals surface area contributed by atoms with Gasteiger partial charge >= 0.3 is 0 Å². The van der Waals surface area contributed by atoms with Crippen molar-refractivity contribution >= 4 is 56.2 Å². The fourth-order valence-corrected chi connectivity index (χ4v) is 10.7. The fourth-order valence-electron chi connectivity index (χ4n) is 6.57. The summed E-state index contributed by atoms with van der Waals surface area (Å²) in [6, 6.07) is 55.1. The molecule has 0 N–H and O–H groups in total. The van der Waals surface area contributed by atoms with Gasteiger partial charge in [0.05, 0.1) is 12.7 Å². The van der Waals surface area contributed by atoms with Gasteiger partial charge < -0.3 is 9.16 Å². The van der Waals surface area contributed by atoms with Crippen LogP contribution in [0.5, 0.6) is 5.75 Å². The van der Waals surface area contributed by atoms with Gasteiger partial charge in [-0.25, -0.2) is 0 Å². The third-order valence-electron chi connectivity index (χ3n) is 8.69. The quantitative estimate of drug-likeness (QED) is 0.160. The number of hydrogen-bond donors (Lipinski definition) is 0. The molecule has 1 aliphatic heterocycles. The number of benzene rings is 7. The average Bonchev–Trinajstić information content (AvgIpc) is 3.06. The lowest BCUT2D eigenvalue weighted by Crippen LogP contribution is -2.69. The lowest BCUT2D eigenvalue weighted by atomic mass is 10.0. The normalized spacial score (nSPS) is 15.0. The van der Waals surface area contributed by atoms with Crippen molar-refractivity contribution in [3.8, 4) is 5.75 Å². The third-order valence-corrected chi connectivity index (χ3v) is 12.7. The zero-order valence-corrected chi connectivity index (χ0v) is 24.2. The highest BCUT2D eigenvalue weighted by molar-refractivity contribution is 7.07. The van der Waals surface area contributed by atoms with Crippen molar-refractivity contribution < 1.29 is 9.16 Å². The molecule has 0 saturated carbocycles. The summed E-state index contributed by atoms with van der Waals surface area (Å²) in [5.74, 6) is 0.923. The number of ether oxygens (including phenoxy) is 1. The van der Waals surface area contributed by atoms with Gasteiger partial charge in [-0.2, -0.15) is 0 Å². The number of rotatable bonds is 5. The lowest BCUT2D eigenvalue weighted by molar-refractivity contribution is 0.135. The van der Waals surface area contributed by atoms with E-state index < -0.39 is 8.32 Å². The van der Waals surface area contributed by atoms with Gasteiger partial charge in [0.25, 0.3) is 8.32 Å². The molecule has 0 saturated heterocycles. The molecular weight excluding hydrogens is 529 g/mol. The standard InChI is InChI=1S/C39H30O2Si/c1-4-12-31-25-34(20-17-28(31)9-1)42(35-21-18-29-10-2-5-13-32(29)26-35,36-22-19-30-11-3-6-14-33(30)27-36)41-39-23-24-40-38-16-8-7-15-37(38)39/h1-22,25-27,39H,23-24H2/t39-/m1/s1. The van der Waals surface area contributed by atoms with Crippen LogP contribution in [0.15, 0.2) is 152 Å². The predicted molar refractivity (Wildman–Crippen MR) is 177 cm³/mol. The highest BCUT2D eigenvalue weighted by Gasteiger charge is 2.45. The smallest absolute Gasteiger partial charge is 0.288 e. The summed E-state index contributed by atoms with van der Waals surface area (Å²) >= 11 is 0. The predicted octanol–water partition coefficient (Wildman–Crippen LogP) is 7.65. The molecule has 1 heterocycles. The van der Waals surface area contributed by atoms with E-state index in [1.807, 2.05) is 6.07 Å². The Morgan fingerprint density at radius 3 is 1.40 bits per heavy atom. The highest BCUT2D eigenvalue weighted by Crippen LogP contribution is 2.36. The third kappa shape index (κ3) is 4.21. The van der Waals surface area contributed by atoms with Crippen LogP contribution < -0.4 is 20.3 Å². The Morgan fingerprint density at radius 2 is 0.905 bits per heavy atom. The molecule has 8 rings (SSSR count). The molecule has 0 aromatic heterocycles. The second kappa shape index (κ2) is 10.3. The summed E-state index contributed by atoms with van der Waals surface area (Å²) in [7, 11) is -3.09. The van der Waals surface area contributed by atoms with Crippen molar-refractivity contribution in [3.05, 3.63) is 157 Å². The van der Waals surface area contributed by atoms with E-state index >= 15 is 0 Å². The van der Waals surface area contributed by atoms with Gasteiger partial charge in [-0.1, -0.05) is 146 Å². The first-order chi connectivity index (χ1) is 20.8. The first kappa shape index (κ1) is 25.0. The summed E-state index contributed by atoms with van der Waals surface area (Å²) in [5, 5.41) is 11.1. The van der Waals surface area contributed by atoms with Crippen molar-refractivity contribution in [2.75, 3.05) is 6.61 Å². The first-order valence-electron chi connectivity index (χ1n) is 14.7. The maximum absolute atomic E-state index is 7.77. The highest BCUT2D eigenvalue weighted by atomic mass is 28.4. The molecule has 0 spiro atoms. The molecule has 0 amide bonds. The minimum Gasteiger partial charge on any atom is -0.493 e. The van der Waals surface area contributed by atoms with E-state index in [1.165, 1.54) is 47.9 Å². The Hall–Kier alpha value is -4.70.